The molecule has 2 aromatic rings. The summed E-state index contributed by atoms with van der Waals surface area (Å²) in [5.41, 5.74) is 2.84. The van der Waals surface area contributed by atoms with Crippen molar-refractivity contribution in [2.45, 2.75) is 33.1 Å². The first-order chi connectivity index (χ1) is 15.5. The third kappa shape index (κ3) is 5.95. The highest BCUT2D eigenvalue weighted by Gasteiger charge is 2.35. The minimum absolute atomic E-state index is 0.0743. The summed E-state index contributed by atoms with van der Waals surface area (Å²) in [6.07, 6.45) is 1.79. The number of carbonyl (C=O) groups excluding carboxylic acids is 3. The molecule has 2 aromatic carbocycles. The number of para-hydroxylation sites is 1. The largest absolute Gasteiger partial charge is 0.382 e. The Morgan fingerprint density at radius 3 is 2.56 bits per heavy atom. The maximum absolute atomic E-state index is 12.9. The summed E-state index contributed by atoms with van der Waals surface area (Å²) in [6, 6.07) is 14.7. The van der Waals surface area contributed by atoms with Gasteiger partial charge in [0.25, 0.3) is 5.91 Å². The van der Waals surface area contributed by atoms with Crippen LogP contribution in [0.2, 0.25) is 0 Å². The van der Waals surface area contributed by atoms with Gasteiger partial charge in [0.15, 0.2) is 0 Å². The van der Waals surface area contributed by atoms with Crippen LogP contribution < -0.4 is 15.5 Å². The predicted molar refractivity (Wildman–Crippen MR) is 125 cm³/mol. The first-order valence-corrected chi connectivity index (χ1v) is 11.2. The molecule has 0 aliphatic carbocycles. The molecule has 1 atom stereocenters. The molecule has 1 fully saturated rings. The van der Waals surface area contributed by atoms with Gasteiger partial charge in [0, 0.05) is 38.4 Å². The summed E-state index contributed by atoms with van der Waals surface area (Å²) >= 11 is 0. The molecule has 170 valence electrons. The first kappa shape index (κ1) is 23.5. The average Bonchev–Trinajstić information content (AvgIpc) is 3.21. The second-order valence-electron chi connectivity index (χ2n) is 7.77. The van der Waals surface area contributed by atoms with Crippen molar-refractivity contribution in [2.24, 2.45) is 5.92 Å². The maximum Gasteiger partial charge on any atom is 0.253 e. The number of anilines is 2. The summed E-state index contributed by atoms with van der Waals surface area (Å²) < 4.78 is 5.28. The van der Waals surface area contributed by atoms with E-state index >= 15 is 0 Å². The second-order valence-corrected chi connectivity index (χ2v) is 7.77. The van der Waals surface area contributed by atoms with Crippen LogP contribution in [0.15, 0.2) is 48.5 Å². The minimum Gasteiger partial charge on any atom is -0.382 e. The highest BCUT2D eigenvalue weighted by molar-refractivity contribution is 6.07. The fourth-order valence-electron chi connectivity index (χ4n) is 3.68. The second kappa shape index (κ2) is 11.4. The van der Waals surface area contributed by atoms with E-state index in [1.165, 1.54) is 5.56 Å². The van der Waals surface area contributed by atoms with Gasteiger partial charge < -0.3 is 20.3 Å². The monoisotopic (exact) mass is 437 g/mol. The normalized spacial score (nSPS) is 15.6. The Balaban J connectivity index is 1.61. The van der Waals surface area contributed by atoms with Crippen LogP contribution in [0.25, 0.3) is 0 Å². The minimum atomic E-state index is -0.476. The fraction of sp³-hybridized carbons (Fsp3) is 0.400. The number of hydrogen-bond donors (Lipinski definition) is 2. The van der Waals surface area contributed by atoms with Gasteiger partial charge in [-0.05, 0) is 49.6 Å². The fourth-order valence-corrected chi connectivity index (χ4v) is 3.68. The highest BCUT2D eigenvalue weighted by Crippen LogP contribution is 2.27. The van der Waals surface area contributed by atoms with Gasteiger partial charge >= 0.3 is 0 Å². The zero-order chi connectivity index (χ0) is 22.9. The number of benzene rings is 2. The molecular weight excluding hydrogens is 406 g/mol. The number of amides is 3. The molecule has 32 heavy (non-hydrogen) atoms. The lowest BCUT2D eigenvalue weighted by Crippen LogP contribution is -2.30. The molecule has 2 N–H and O–H groups in total. The highest BCUT2D eigenvalue weighted by atomic mass is 16.5. The van der Waals surface area contributed by atoms with Crippen LogP contribution >= 0.6 is 0 Å². The summed E-state index contributed by atoms with van der Waals surface area (Å²) in [6.45, 7) is 6.05. The van der Waals surface area contributed by atoms with E-state index in [2.05, 4.69) is 17.6 Å². The SMILES string of the molecule is CCOCCCNC(=O)c1ccccc1NC(=O)C1CC(=O)N(c2ccc(CC)cc2)C1. The first-order valence-electron chi connectivity index (χ1n) is 11.2. The zero-order valence-electron chi connectivity index (χ0n) is 18.7. The molecule has 0 aromatic heterocycles. The molecule has 1 unspecified atom stereocenters. The molecule has 7 heteroatoms. The van der Waals surface area contributed by atoms with E-state index in [4.69, 9.17) is 4.74 Å². The zero-order valence-corrected chi connectivity index (χ0v) is 18.7. The molecule has 1 aliphatic heterocycles. The quantitative estimate of drug-likeness (QED) is 0.558. The molecule has 3 rings (SSSR count). The summed E-state index contributed by atoms with van der Waals surface area (Å²) in [5.74, 6) is -1.06. The van der Waals surface area contributed by atoms with E-state index in [1.54, 1.807) is 29.2 Å². The third-order valence-electron chi connectivity index (χ3n) is 5.54. The van der Waals surface area contributed by atoms with E-state index in [-0.39, 0.29) is 24.1 Å². The van der Waals surface area contributed by atoms with Crippen LogP contribution in [0.3, 0.4) is 0 Å². The van der Waals surface area contributed by atoms with Crippen LogP contribution in [0.4, 0.5) is 11.4 Å². The molecule has 1 saturated heterocycles. The van der Waals surface area contributed by atoms with Crippen molar-refractivity contribution in [1.82, 2.24) is 5.32 Å². The molecule has 1 aliphatic rings. The van der Waals surface area contributed by atoms with Crippen LogP contribution in [-0.2, 0) is 20.7 Å². The molecule has 0 spiro atoms. The number of carbonyl (C=O) groups is 3. The smallest absolute Gasteiger partial charge is 0.253 e. The molecule has 0 saturated carbocycles. The van der Waals surface area contributed by atoms with E-state index in [0.717, 1.165) is 12.1 Å². The van der Waals surface area contributed by atoms with Crippen LogP contribution in [0.5, 0.6) is 0 Å². The van der Waals surface area contributed by atoms with E-state index in [9.17, 15) is 14.4 Å². The van der Waals surface area contributed by atoms with Crippen molar-refractivity contribution in [2.75, 3.05) is 36.5 Å². The Kier molecular flexibility index (Phi) is 8.39. The van der Waals surface area contributed by atoms with Crippen molar-refractivity contribution in [3.8, 4) is 0 Å². The van der Waals surface area contributed by atoms with Crippen LogP contribution in [-0.4, -0.2) is 44.0 Å². The molecule has 7 nitrogen and oxygen atoms in total. The van der Waals surface area contributed by atoms with Gasteiger partial charge in [-0.25, -0.2) is 0 Å². The van der Waals surface area contributed by atoms with Crippen molar-refractivity contribution >= 4 is 29.1 Å². The van der Waals surface area contributed by atoms with Crippen LogP contribution in [0.1, 0.15) is 42.6 Å². The van der Waals surface area contributed by atoms with Gasteiger partial charge in [-0.1, -0.05) is 31.2 Å². The number of nitrogens with one attached hydrogen (secondary N) is 2. The van der Waals surface area contributed by atoms with Crippen LogP contribution in [0, 0.1) is 5.92 Å². The Labute approximate surface area is 189 Å². The van der Waals surface area contributed by atoms with Crippen molar-refractivity contribution < 1.29 is 19.1 Å². The number of nitrogens with zero attached hydrogens (tertiary/aromatic N) is 1. The lowest BCUT2D eigenvalue weighted by molar-refractivity contribution is -0.122. The standard InChI is InChI=1S/C25H31N3O4/c1-3-18-10-12-20(13-11-18)28-17-19(16-23(28)29)24(30)27-22-9-6-5-8-21(22)25(31)26-14-7-15-32-4-2/h5-6,8-13,19H,3-4,7,14-17H2,1-2H3,(H,26,31)(H,27,30). The van der Waals surface area contributed by atoms with Gasteiger partial charge in [-0.3, -0.25) is 14.4 Å². The number of hydrogen-bond acceptors (Lipinski definition) is 4. The Morgan fingerprint density at radius 1 is 1.09 bits per heavy atom. The lowest BCUT2D eigenvalue weighted by atomic mass is 10.1. The van der Waals surface area contributed by atoms with Gasteiger partial charge in [0.05, 0.1) is 17.2 Å². The third-order valence-corrected chi connectivity index (χ3v) is 5.54. The Morgan fingerprint density at radius 2 is 1.84 bits per heavy atom. The molecule has 1 heterocycles. The number of ether oxygens (including phenoxy) is 1. The van der Waals surface area contributed by atoms with E-state index < -0.39 is 5.92 Å². The van der Waals surface area contributed by atoms with Crippen molar-refractivity contribution in [1.29, 1.82) is 0 Å². The van der Waals surface area contributed by atoms with Gasteiger partial charge in [0.2, 0.25) is 11.8 Å². The lowest BCUT2D eigenvalue weighted by Gasteiger charge is -2.17. The van der Waals surface area contributed by atoms with Gasteiger partial charge in [-0.15, -0.1) is 0 Å². The van der Waals surface area contributed by atoms with E-state index in [0.29, 0.717) is 44.0 Å². The van der Waals surface area contributed by atoms with Gasteiger partial charge in [0.1, 0.15) is 0 Å². The van der Waals surface area contributed by atoms with E-state index in [1.807, 2.05) is 31.2 Å². The van der Waals surface area contributed by atoms with Crippen molar-refractivity contribution in [3.63, 3.8) is 0 Å². The molecule has 0 bridgehead atoms. The number of rotatable bonds is 10. The molecular formula is C25H31N3O4. The van der Waals surface area contributed by atoms with Gasteiger partial charge in [-0.2, -0.15) is 0 Å². The Bertz CT molecular complexity index is 942. The number of aryl methyl sites for hydroxylation is 1. The Hall–Kier alpha value is -3.19. The molecule has 0 radical (unpaired) electrons. The maximum atomic E-state index is 12.9. The molecule has 3 amide bonds. The predicted octanol–water partition coefficient (Wildman–Crippen LogP) is 3.40. The average molecular weight is 438 g/mol. The summed E-state index contributed by atoms with van der Waals surface area (Å²) in [5, 5.41) is 5.70. The topological polar surface area (TPSA) is 87.7 Å². The summed E-state index contributed by atoms with van der Waals surface area (Å²) in [4.78, 5) is 39.7. The summed E-state index contributed by atoms with van der Waals surface area (Å²) in [7, 11) is 0. The van der Waals surface area contributed by atoms with Crippen molar-refractivity contribution in [3.05, 3.63) is 59.7 Å².